The Morgan fingerprint density at radius 1 is 1.00 bits per heavy atom. The van der Waals surface area contributed by atoms with E-state index in [-0.39, 0.29) is 5.57 Å². The Labute approximate surface area is 151 Å². The second kappa shape index (κ2) is 7.23. The minimum atomic E-state index is -0.774. The van der Waals surface area contributed by atoms with E-state index in [9.17, 15) is 14.4 Å². The second-order valence-electron chi connectivity index (χ2n) is 5.75. The van der Waals surface area contributed by atoms with E-state index in [4.69, 9.17) is 4.74 Å². The number of rotatable bonds is 4. The van der Waals surface area contributed by atoms with Crippen LogP contribution in [-0.4, -0.2) is 25.0 Å². The summed E-state index contributed by atoms with van der Waals surface area (Å²) < 4.78 is 5.08. The third-order valence-corrected chi connectivity index (χ3v) is 4.13. The molecule has 0 unspecified atom stereocenters. The monoisotopic (exact) mass is 350 g/mol. The van der Waals surface area contributed by atoms with Crippen molar-refractivity contribution >= 4 is 29.6 Å². The van der Waals surface area contributed by atoms with Gasteiger partial charge in [-0.3, -0.25) is 14.9 Å². The number of methoxy groups -OCH3 is 1. The lowest BCUT2D eigenvalue weighted by Crippen LogP contribution is -2.54. The van der Waals surface area contributed by atoms with E-state index in [1.165, 1.54) is 13.2 Å². The molecule has 1 heterocycles. The Balaban J connectivity index is 1.95. The first-order valence-electron chi connectivity index (χ1n) is 8.18. The maximum atomic E-state index is 12.8. The molecule has 0 saturated carbocycles. The predicted molar refractivity (Wildman–Crippen MR) is 97.8 cm³/mol. The fraction of sp³-hybridized carbons (Fsp3) is 0.150. The lowest BCUT2D eigenvalue weighted by molar-refractivity contribution is -0.122. The van der Waals surface area contributed by atoms with Gasteiger partial charge in [-0.15, -0.1) is 0 Å². The van der Waals surface area contributed by atoms with Crippen molar-refractivity contribution in [2.24, 2.45) is 0 Å². The third-order valence-electron chi connectivity index (χ3n) is 4.13. The molecule has 6 nitrogen and oxygen atoms in total. The van der Waals surface area contributed by atoms with Crippen molar-refractivity contribution in [3.8, 4) is 5.75 Å². The van der Waals surface area contributed by atoms with Crippen LogP contribution in [0.4, 0.5) is 10.5 Å². The molecule has 2 aromatic carbocycles. The minimum absolute atomic E-state index is 0.0929. The molecular formula is C20H18N2O4. The van der Waals surface area contributed by atoms with Crippen LogP contribution in [0.3, 0.4) is 0 Å². The Hall–Kier alpha value is -3.41. The van der Waals surface area contributed by atoms with E-state index in [2.05, 4.69) is 5.32 Å². The van der Waals surface area contributed by atoms with E-state index < -0.39 is 17.8 Å². The number of ether oxygens (including phenoxy) is 1. The molecule has 1 N–H and O–H groups in total. The first kappa shape index (κ1) is 17.4. The quantitative estimate of drug-likeness (QED) is 0.679. The first-order chi connectivity index (χ1) is 12.5. The van der Waals surface area contributed by atoms with Crippen molar-refractivity contribution in [1.29, 1.82) is 0 Å². The summed E-state index contributed by atoms with van der Waals surface area (Å²) in [6.07, 6.45) is 2.39. The Kier molecular flexibility index (Phi) is 4.84. The summed E-state index contributed by atoms with van der Waals surface area (Å²) in [6, 6.07) is 13.2. The summed E-state index contributed by atoms with van der Waals surface area (Å²) in [5.41, 5.74) is 2.13. The van der Waals surface area contributed by atoms with Crippen molar-refractivity contribution in [2.45, 2.75) is 13.3 Å². The number of carbonyl (C=O) groups excluding carboxylic acids is 3. The van der Waals surface area contributed by atoms with Crippen LogP contribution in [-0.2, 0) is 16.0 Å². The Bertz CT molecular complexity index is 883. The molecule has 0 radical (unpaired) electrons. The zero-order chi connectivity index (χ0) is 18.7. The molecule has 26 heavy (non-hydrogen) atoms. The molecule has 1 aliphatic heterocycles. The molecule has 132 valence electrons. The molecule has 0 atom stereocenters. The highest BCUT2D eigenvalue weighted by Gasteiger charge is 2.36. The van der Waals surface area contributed by atoms with E-state index in [1.807, 2.05) is 31.2 Å². The number of anilines is 1. The van der Waals surface area contributed by atoms with Gasteiger partial charge in [0.15, 0.2) is 0 Å². The highest BCUT2D eigenvalue weighted by atomic mass is 16.5. The van der Waals surface area contributed by atoms with Gasteiger partial charge in [0.2, 0.25) is 0 Å². The van der Waals surface area contributed by atoms with Crippen LogP contribution in [0.15, 0.2) is 54.1 Å². The first-order valence-corrected chi connectivity index (χ1v) is 8.18. The summed E-state index contributed by atoms with van der Waals surface area (Å²) in [5.74, 6) is -0.769. The number of benzene rings is 2. The molecular weight excluding hydrogens is 332 g/mol. The van der Waals surface area contributed by atoms with Crippen LogP contribution >= 0.6 is 0 Å². The van der Waals surface area contributed by atoms with Gasteiger partial charge in [0.05, 0.1) is 12.8 Å². The van der Waals surface area contributed by atoms with Gasteiger partial charge >= 0.3 is 6.03 Å². The maximum absolute atomic E-state index is 12.8. The maximum Gasteiger partial charge on any atom is 0.335 e. The van der Waals surface area contributed by atoms with Crippen LogP contribution in [0.25, 0.3) is 6.08 Å². The number of nitrogens with zero attached hydrogens (tertiary/aromatic N) is 1. The van der Waals surface area contributed by atoms with Gasteiger partial charge in [0.1, 0.15) is 11.3 Å². The normalized spacial score (nSPS) is 16.0. The molecule has 1 fully saturated rings. The molecule has 1 saturated heterocycles. The van der Waals surface area contributed by atoms with Crippen molar-refractivity contribution < 1.29 is 19.1 Å². The van der Waals surface area contributed by atoms with E-state index >= 15 is 0 Å². The zero-order valence-electron chi connectivity index (χ0n) is 14.5. The van der Waals surface area contributed by atoms with Crippen LogP contribution in [0, 0.1) is 0 Å². The van der Waals surface area contributed by atoms with Crippen LogP contribution in [0.1, 0.15) is 18.1 Å². The van der Waals surface area contributed by atoms with Crippen LogP contribution in [0.5, 0.6) is 5.75 Å². The number of hydrogen-bond donors (Lipinski definition) is 1. The largest absolute Gasteiger partial charge is 0.497 e. The summed E-state index contributed by atoms with van der Waals surface area (Å²) in [7, 11) is 1.52. The van der Waals surface area contributed by atoms with Crippen molar-refractivity contribution in [3.63, 3.8) is 0 Å². The molecule has 6 heteroatoms. The topological polar surface area (TPSA) is 75.7 Å². The van der Waals surface area contributed by atoms with Gasteiger partial charge in [-0.05, 0) is 47.9 Å². The van der Waals surface area contributed by atoms with E-state index in [0.29, 0.717) is 17.0 Å². The van der Waals surface area contributed by atoms with Gasteiger partial charge < -0.3 is 4.74 Å². The zero-order valence-corrected chi connectivity index (χ0v) is 14.5. The number of carbonyl (C=O) groups is 3. The number of aryl methyl sites for hydroxylation is 1. The number of imide groups is 2. The fourth-order valence-electron chi connectivity index (χ4n) is 2.64. The van der Waals surface area contributed by atoms with Gasteiger partial charge in [0.25, 0.3) is 11.8 Å². The average Bonchev–Trinajstić information content (AvgIpc) is 2.66. The molecule has 0 aromatic heterocycles. The van der Waals surface area contributed by atoms with Crippen LogP contribution in [0.2, 0.25) is 0 Å². The van der Waals surface area contributed by atoms with E-state index in [0.717, 1.165) is 16.9 Å². The predicted octanol–water partition coefficient (Wildman–Crippen LogP) is 2.92. The molecule has 3 rings (SSSR count). The molecule has 0 aliphatic carbocycles. The number of nitrogens with one attached hydrogen (secondary N) is 1. The lowest BCUT2D eigenvalue weighted by atomic mass is 10.0. The third kappa shape index (κ3) is 3.35. The summed E-state index contributed by atoms with van der Waals surface area (Å²) in [4.78, 5) is 38.0. The smallest absolute Gasteiger partial charge is 0.335 e. The van der Waals surface area contributed by atoms with Gasteiger partial charge in [0, 0.05) is 0 Å². The molecule has 0 spiro atoms. The molecule has 2 aromatic rings. The molecule has 1 aliphatic rings. The SMILES string of the molecule is CCc1ccc(C=C2C(=O)NC(=O)N(c3ccc(OC)cc3)C2=O)cc1. The van der Waals surface area contributed by atoms with Crippen LogP contribution < -0.4 is 15.0 Å². The Morgan fingerprint density at radius 2 is 1.65 bits per heavy atom. The highest BCUT2D eigenvalue weighted by Crippen LogP contribution is 2.24. The number of urea groups is 1. The van der Waals surface area contributed by atoms with Crippen molar-refractivity contribution in [1.82, 2.24) is 5.32 Å². The summed E-state index contributed by atoms with van der Waals surface area (Å²) in [6.45, 7) is 2.05. The summed E-state index contributed by atoms with van der Waals surface area (Å²) >= 11 is 0. The second-order valence-corrected chi connectivity index (χ2v) is 5.75. The molecule has 0 bridgehead atoms. The average molecular weight is 350 g/mol. The number of hydrogen-bond acceptors (Lipinski definition) is 4. The van der Waals surface area contributed by atoms with Gasteiger partial charge in [-0.2, -0.15) is 0 Å². The number of amides is 4. The van der Waals surface area contributed by atoms with Crippen molar-refractivity contribution in [3.05, 3.63) is 65.2 Å². The van der Waals surface area contributed by atoms with Crippen molar-refractivity contribution in [2.75, 3.05) is 12.0 Å². The van der Waals surface area contributed by atoms with Gasteiger partial charge in [-0.25, -0.2) is 9.69 Å². The van der Waals surface area contributed by atoms with E-state index in [1.54, 1.807) is 24.3 Å². The highest BCUT2D eigenvalue weighted by molar-refractivity contribution is 6.39. The summed E-state index contributed by atoms with van der Waals surface area (Å²) in [5, 5.41) is 2.21. The molecule has 4 amide bonds. The Morgan fingerprint density at radius 3 is 2.23 bits per heavy atom. The minimum Gasteiger partial charge on any atom is -0.497 e. The standard InChI is InChI=1S/C20H18N2O4/c1-3-13-4-6-14(7-5-13)12-17-18(23)21-20(25)22(19(17)24)15-8-10-16(26-2)11-9-15/h4-12H,3H2,1-2H3,(H,21,23,25). The fourth-order valence-corrected chi connectivity index (χ4v) is 2.64. The lowest BCUT2D eigenvalue weighted by Gasteiger charge is -2.26. The van der Waals surface area contributed by atoms with Gasteiger partial charge in [-0.1, -0.05) is 31.2 Å². The number of barbiturate groups is 1.